The van der Waals surface area contributed by atoms with Gasteiger partial charge in [-0.1, -0.05) is 18.2 Å². The molecule has 0 radical (unpaired) electrons. The molecule has 0 saturated carbocycles. The summed E-state index contributed by atoms with van der Waals surface area (Å²) >= 11 is 0. The number of hydrogen-bond acceptors (Lipinski definition) is 4. The van der Waals surface area contributed by atoms with Gasteiger partial charge < -0.3 is 4.74 Å². The lowest BCUT2D eigenvalue weighted by atomic mass is 10.1. The van der Waals surface area contributed by atoms with Crippen molar-refractivity contribution in [3.63, 3.8) is 0 Å². The zero-order valence-corrected chi connectivity index (χ0v) is 14.9. The number of hydrogen-bond donors (Lipinski definition) is 0. The first-order chi connectivity index (χ1) is 12.0. The van der Waals surface area contributed by atoms with Gasteiger partial charge in [-0.2, -0.15) is 0 Å². The van der Waals surface area contributed by atoms with Gasteiger partial charge >= 0.3 is 0 Å². The molecule has 3 aromatic rings. The number of anilines is 1. The predicted octanol–water partition coefficient (Wildman–Crippen LogP) is 3.30. The van der Waals surface area contributed by atoms with Gasteiger partial charge in [-0.15, -0.1) is 0 Å². The molecule has 0 spiro atoms. The monoisotopic (exact) mass is 354 g/mol. The van der Waals surface area contributed by atoms with E-state index < -0.39 is 10.0 Å². The number of para-hydroxylation sites is 1. The van der Waals surface area contributed by atoms with Crippen molar-refractivity contribution in [3.05, 3.63) is 59.7 Å². The average Bonchev–Trinajstić information content (AvgIpc) is 3.03. The van der Waals surface area contributed by atoms with Crippen LogP contribution in [0.1, 0.15) is 11.1 Å². The minimum Gasteiger partial charge on any atom is -0.496 e. The number of nitrogens with zero attached hydrogens (tertiary/aromatic N) is 2. The molecule has 2 aromatic carbocycles. The van der Waals surface area contributed by atoms with Crippen molar-refractivity contribution in [2.45, 2.75) is 18.2 Å². The summed E-state index contributed by atoms with van der Waals surface area (Å²) in [5, 5.41) is 1.03. The molecule has 0 fully saturated rings. The Morgan fingerprint density at radius 3 is 2.68 bits per heavy atom. The number of sulfonamides is 1. The fourth-order valence-electron chi connectivity index (χ4n) is 3.25. The minimum absolute atomic E-state index is 0.258. The van der Waals surface area contributed by atoms with Gasteiger partial charge in [0.2, 0.25) is 0 Å². The number of methoxy groups -OCH3 is 1. The third-order valence-corrected chi connectivity index (χ3v) is 6.34. The number of pyridine rings is 1. The van der Waals surface area contributed by atoms with Gasteiger partial charge in [-0.05, 0) is 54.8 Å². The molecule has 0 aliphatic carbocycles. The van der Waals surface area contributed by atoms with Crippen LogP contribution >= 0.6 is 0 Å². The van der Waals surface area contributed by atoms with E-state index in [1.807, 2.05) is 37.3 Å². The molecule has 5 nitrogen and oxygen atoms in total. The molecule has 1 aromatic heterocycles. The summed E-state index contributed by atoms with van der Waals surface area (Å²) < 4.78 is 32.9. The van der Waals surface area contributed by atoms with Crippen molar-refractivity contribution in [2.24, 2.45) is 0 Å². The molecule has 0 saturated heterocycles. The second-order valence-electron chi connectivity index (χ2n) is 6.12. The van der Waals surface area contributed by atoms with E-state index in [4.69, 9.17) is 4.74 Å². The molecule has 6 heteroatoms. The highest BCUT2D eigenvalue weighted by Gasteiger charge is 2.32. The number of rotatable bonds is 3. The first-order valence-electron chi connectivity index (χ1n) is 8.07. The van der Waals surface area contributed by atoms with Crippen LogP contribution < -0.4 is 9.04 Å². The third kappa shape index (κ3) is 2.53. The molecule has 0 unspecified atom stereocenters. The first kappa shape index (κ1) is 15.9. The van der Waals surface area contributed by atoms with Crippen LogP contribution in [0.3, 0.4) is 0 Å². The van der Waals surface area contributed by atoms with Crippen LogP contribution in [0.15, 0.2) is 53.4 Å². The molecule has 0 atom stereocenters. The highest BCUT2D eigenvalue weighted by atomic mass is 32.2. The topological polar surface area (TPSA) is 59.5 Å². The van der Waals surface area contributed by atoms with E-state index in [2.05, 4.69) is 4.98 Å². The van der Waals surface area contributed by atoms with Crippen LogP contribution in [0.4, 0.5) is 5.82 Å². The molecule has 25 heavy (non-hydrogen) atoms. The quantitative estimate of drug-likeness (QED) is 0.724. The van der Waals surface area contributed by atoms with E-state index in [1.54, 1.807) is 25.3 Å². The maximum atomic E-state index is 13.1. The van der Waals surface area contributed by atoms with Gasteiger partial charge in [0.25, 0.3) is 10.0 Å². The number of benzene rings is 2. The Kier molecular flexibility index (Phi) is 3.65. The van der Waals surface area contributed by atoms with Crippen LogP contribution in [0.2, 0.25) is 0 Å². The lowest BCUT2D eigenvalue weighted by Crippen LogP contribution is -2.29. The number of fused-ring (bicyclic) bond motifs is 2. The van der Waals surface area contributed by atoms with Crippen LogP contribution in [0.5, 0.6) is 5.75 Å². The Balaban J connectivity index is 1.81. The number of aromatic nitrogens is 1. The number of ether oxygens (including phenoxy) is 1. The summed E-state index contributed by atoms with van der Waals surface area (Å²) in [7, 11) is -2.08. The largest absolute Gasteiger partial charge is 0.496 e. The summed E-state index contributed by atoms with van der Waals surface area (Å²) in [6.07, 6.45) is 0.668. The molecule has 1 aliphatic rings. The second kappa shape index (κ2) is 5.74. The molecule has 2 heterocycles. The second-order valence-corrected chi connectivity index (χ2v) is 7.98. The van der Waals surface area contributed by atoms with E-state index in [0.717, 1.165) is 22.0 Å². The maximum absolute atomic E-state index is 13.1. The standard InChI is InChI=1S/C19H18N2O3S/c1-13-11-16(7-8-18(13)24-2)25(22,23)21-10-9-15-12-14-5-3-4-6-17(14)20-19(15)21/h3-8,11-12H,9-10H2,1-2H3. The van der Waals surface area contributed by atoms with Gasteiger partial charge in [-0.25, -0.2) is 17.7 Å². The van der Waals surface area contributed by atoms with E-state index in [-0.39, 0.29) is 4.90 Å². The van der Waals surface area contributed by atoms with Crippen molar-refractivity contribution in [1.82, 2.24) is 4.98 Å². The normalized spacial score (nSPS) is 13.9. The van der Waals surface area contributed by atoms with Gasteiger partial charge in [0.1, 0.15) is 11.6 Å². The molecule has 0 amide bonds. The van der Waals surface area contributed by atoms with E-state index >= 15 is 0 Å². The van der Waals surface area contributed by atoms with Crippen LogP contribution in [0.25, 0.3) is 10.9 Å². The Bertz CT molecular complexity index is 1080. The van der Waals surface area contributed by atoms with Gasteiger partial charge in [0.15, 0.2) is 0 Å². The number of aryl methyl sites for hydroxylation is 1. The lowest BCUT2D eigenvalue weighted by molar-refractivity contribution is 0.411. The highest BCUT2D eigenvalue weighted by molar-refractivity contribution is 7.92. The van der Waals surface area contributed by atoms with E-state index in [0.29, 0.717) is 24.5 Å². The Labute approximate surface area is 146 Å². The maximum Gasteiger partial charge on any atom is 0.265 e. The summed E-state index contributed by atoms with van der Waals surface area (Å²) in [5.41, 5.74) is 2.55. The minimum atomic E-state index is -3.65. The lowest BCUT2D eigenvalue weighted by Gasteiger charge is -2.19. The van der Waals surface area contributed by atoms with Gasteiger partial charge in [-0.3, -0.25) is 0 Å². The zero-order chi connectivity index (χ0) is 17.6. The average molecular weight is 354 g/mol. The van der Waals surface area contributed by atoms with Gasteiger partial charge in [0, 0.05) is 11.9 Å². The molecule has 0 N–H and O–H groups in total. The first-order valence-corrected chi connectivity index (χ1v) is 9.51. The van der Waals surface area contributed by atoms with Gasteiger partial charge in [0.05, 0.1) is 17.5 Å². The molecular weight excluding hydrogens is 336 g/mol. The molecular formula is C19H18N2O3S. The summed E-state index contributed by atoms with van der Waals surface area (Å²) in [6, 6.07) is 14.7. The van der Waals surface area contributed by atoms with E-state index in [9.17, 15) is 8.42 Å². The molecule has 1 aliphatic heterocycles. The summed E-state index contributed by atoms with van der Waals surface area (Å²) in [4.78, 5) is 4.87. The summed E-state index contributed by atoms with van der Waals surface area (Å²) in [5.74, 6) is 1.21. The SMILES string of the molecule is COc1ccc(S(=O)(=O)N2CCc3cc4ccccc4nc32)cc1C. The summed E-state index contributed by atoms with van der Waals surface area (Å²) in [6.45, 7) is 2.24. The van der Waals surface area contributed by atoms with Crippen LogP contribution in [-0.4, -0.2) is 27.1 Å². The fraction of sp³-hybridized carbons (Fsp3) is 0.211. The van der Waals surface area contributed by atoms with Crippen LogP contribution in [0, 0.1) is 6.92 Å². The molecule has 128 valence electrons. The Hall–Kier alpha value is -2.60. The zero-order valence-electron chi connectivity index (χ0n) is 14.1. The molecule has 0 bridgehead atoms. The van der Waals surface area contributed by atoms with Crippen molar-refractivity contribution in [1.29, 1.82) is 0 Å². The van der Waals surface area contributed by atoms with Crippen molar-refractivity contribution in [3.8, 4) is 5.75 Å². The smallest absolute Gasteiger partial charge is 0.265 e. The van der Waals surface area contributed by atoms with Crippen molar-refractivity contribution < 1.29 is 13.2 Å². The fourth-order valence-corrected chi connectivity index (χ4v) is 4.79. The Morgan fingerprint density at radius 2 is 1.92 bits per heavy atom. The predicted molar refractivity (Wildman–Crippen MR) is 97.7 cm³/mol. The third-order valence-electron chi connectivity index (χ3n) is 4.55. The molecule has 4 rings (SSSR count). The highest BCUT2D eigenvalue weighted by Crippen LogP contribution is 2.34. The Morgan fingerprint density at radius 1 is 1.12 bits per heavy atom. The van der Waals surface area contributed by atoms with Crippen molar-refractivity contribution >= 4 is 26.7 Å². The van der Waals surface area contributed by atoms with Crippen LogP contribution in [-0.2, 0) is 16.4 Å². The van der Waals surface area contributed by atoms with E-state index in [1.165, 1.54) is 4.31 Å². The van der Waals surface area contributed by atoms with Crippen molar-refractivity contribution in [2.75, 3.05) is 18.0 Å².